The van der Waals surface area contributed by atoms with E-state index in [1.807, 2.05) is 0 Å². The average Bonchev–Trinajstić information content (AvgIpc) is 3.56. The van der Waals surface area contributed by atoms with Crippen LogP contribution in [0.4, 0.5) is 9.52 Å². The molecule has 0 bridgehead atoms. The highest BCUT2D eigenvalue weighted by Gasteiger charge is 2.36. The van der Waals surface area contributed by atoms with Gasteiger partial charge in [-0.25, -0.2) is 13.4 Å². The first-order valence-electron chi connectivity index (χ1n) is 9.30. The lowest BCUT2D eigenvalue weighted by Crippen LogP contribution is -2.24. The molecule has 31 heavy (non-hydrogen) atoms. The van der Waals surface area contributed by atoms with Gasteiger partial charge < -0.3 is 4.84 Å². The number of anilines is 1. The normalized spacial score (nSPS) is 14.3. The van der Waals surface area contributed by atoms with Crippen molar-refractivity contribution in [2.45, 2.75) is 29.6 Å². The molecule has 3 aromatic rings. The fourth-order valence-corrected chi connectivity index (χ4v) is 4.91. The molecule has 1 N–H and O–H groups in total. The fourth-order valence-electron chi connectivity index (χ4n) is 2.71. The molecule has 2 heterocycles. The second-order valence-corrected chi connectivity index (χ2v) is 9.94. The van der Waals surface area contributed by atoms with E-state index < -0.39 is 20.9 Å². The molecular formula is C20H17FN4O4S2. The third-order valence-electron chi connectivity index (χ3n) is 4.43. The van der Waals surface area contributed by atoms with Crippen LogP contribution < -0.4 is 5.32 Å². The minimum Gasteiger partial charge on any atom is -0.389 e. The monoisotopic (exact) mass is 460 g/mol. The molecule has 0 radical (unpaired) electrons. The van der Waals surface area contributed by atoms with Gasteiger partial charge in [-0.05, 0) is 37.1 Å². The zero-order chi connectivity index (χ0) is 21.8. The molecule has 2 aromatic heterocycles. The van der Waals surface area contributed by atoms with Gasteiger partial charge in [0.05, 0.1) is 22.0 Å². The van der Waals surface area contributed by atoms with Crippen LogP contribution in [0.25, 0.3) is 0 Å². The van der Waals surface area contributed by atoms with Crippen molar-refractivity contribution in [2.75, 3.05) is 5.32 Å². The van der Waals surface area contributed by atoms with Gasteiger partial charge in [0.2, 0.25) is 0 Å². The summed E-state index contributed by atoms with van der Waals surface area (Å²) in [5, 5.41) is 5.58. The minimum absolute atomic E-state index is 0.0254. The van der Waals surface area contributed by atoms with Crippen molar-refractivity contribution in [3.63, 3.8) is 0 Å². The smallest absolute Gasteiger partial charge is 0.280 e. The first-order chi connectivity index (χ1) is 14.9. The number of carbonyl (C=O) groups excluding carboxylic acids is 1. The Morgan fingerprint density at radius 1 is 1.19 bits per heavy atom. The van der Waals surface area contributed by atoms with E-state index in [0.29, 0.717) is 35.4 Å². The predicted molar refractivity (Wildman–Crippen MR) is 113 cm³/mol. The molecule has 160 valence electrons. The second-order valence-electron chi connectivity index (χ2n) is 6.73. The Hall–Kier alpha value is -3.18. The summed E-state index contributed by atoms with van der Waals surface area (Å²) >= 11 is 0.670. The number of oxime groups is 1. The molecule has 0 spiro atoms. The molecule has 0 atom stereocenters. The molecule has 1 saturated carbocycles. The van der Waals surface area contributed by atoms with Gasteiger partial charge in [0.25, 0.3) is 5.91 Å². The number of pyridine rings is 1. The van der Waals surface area contributed by atoms with E-state index in [1.165, 1.54) is 24.3 Å². The molecule has 0 unspecified atom stereocenters. The second kappa shape index (κ2) is 8.90. The number of benzene rings is 1. The lowest BCUT2D eigenvalue weighted by atomic mass is 10.1. The molecule has 0 aliphatic heterocycles. The van der Waals surface area contributed by atoms with Crippen LogP contribution in [-0.4, -0.2) is 35.3 Å². The van der Waals surface area contributed by atoms with Crippen LogP contribution in [-0.2, 0) is 26.1 Å². The standard InChI is InChI=1S/C20H17FN4O4S2/c21-17-11-23-20(30-17)24-19(26)18(25-29-12-14-3-1-2-10-22-14)13-4-6-15(7-5-13)31(27,28)16-8-9-16/h1-7,10-11,16H,8-9,12H2,(H,23,24,26)/b25-18+. The lowest BCUT2D eigenvalue weighted by molar-refractivity contribution is -0.110. The quantitative estimate of drug-likeness (QED) is 0.408. The lowest BCUT2D eigenvalue weighted by Gasteiger charge is -2.08. The van der Waals surface area contributed by atoms with Crippen molar-refractivity contribution in [3.8, 4) is 0 Å². The van der Waals surface area contributed by atoms with Crippen molar-refractivity contribution in [1.29, 1.82) is 0 Å². The van der Waals surface area contributed by atoms with Gasteiger partial charge in [-0.2, -0.15) is 4.39 Å². The van der Waals surface area contributed by atoms with Gasteiger partial charge in [0.15, 0.2) is 32.4 Å². The van der Waals surface area contributed by atoms with E-state index in [4.69, 9.17) is 4.84 Å². The molecule has 1 aliphatic carbocycles. The Morgan fingerprint density at radius 2 is 1.97 bits per heavy atom. The number of halogens is 1. The van der Waals surface area contributed by atoms with Gasteiger partial charge in [0.1, 0.15) is 0 Å². The van der Waals surface area contributed by atoms with E-state index in [1.54, 1.807) is 24.4 Å². The molecule has 8 nitrogen and oxygen atoms in total. The number of amides is 1. The van der Waals surface area contributed by atoms with Crippen molar-refractivity contribution in [3.05, 3.63) is 71.2 Å². The Kier molecular flexibility index (Phi) is 6.05. The maximum atomic E-state index is 13.2. The molecule has 1 aromatic carbocycles. The van der Waals surface area contributed by atoms with Gasteiger partial charge in [-0.1, -0.05) is 34.7 Å². The topological polar surface area (TPSA) is 111 Å². The van der Waals surface area contributed by atoms with E-state index in [2.05, 4.69) is 20.4 Å². The van der Waals surface area contributed by atoms with Crippen LogP contribution >= 0.6 is 11.3 Å². The minimum atomic E-state index is -3.36. The summed E-state index contributed by atoms with van der Waals surface area (Å²) in [5.74, 6) is -0.673. The zero-order valence-electron chi connectivity index (χ0n) is 16.1. The summed E-state index contributed by atoms with van der Waals surface area (Å²) < 4.78 is 38.0. The van der Waals surface area contributed by atoms with Crippen LogP contribution in [0.1, 0.15) is 24.1 Å². The number of nitrogens with zero attached hydrogens (tertiary/aromatic N) is 3. The zero-order valence-corrected chi connectivity index (χ0v) is 17.7. The van der Waals surface area contributed by atoms with Crippen molar-refractivity contribution >= 4 is 37.9 Å². The van der Waals surface area contributed by atoms with Gasteiger partial charge >= 0.3 is 0 Å². The third-order valence-corrected chi connectivity index (χ3v) is 7.41. The number of aromatic nitrogens is 2. The number of sulfone groups is 1. The maximum Gasteiger partial charge on any atom is 0.280 e. The number of nitrogens with one attached hydrogen (secondary N) is 1. The summed E-state index contributed by atoms with van der Waals surface area (Å²) in [6, 6.07) is 11.1. The summed E-state index contributed by atoms with van der Waals surface area (Å²) in [6.45, 7) is 0.0254. The van der Waals surface area contributed by atoms with Crippen LogP contribution in [0, 0.1) is 5.13 Å². The first-order valence-corrected chi connectivity index (χ1v) is 11.7. The van der Waals surface area contributed by atoms with Crippen molar-refractivity contribution in [2.24, 2.45) is 5.16 Å². The highest BCUT2D eigenvalue weighted by atomic mass is 32.2. The third kappa shape index (κ3) is 5.12. The summed E-state index contributed by atoms with van der Waals surface area (Å²) in [6.07, 6.45) is 3.91. The molecule has 11 heteroatoms. The summed E-state index contributed by atoms with van der Waals surface area (Å²) in [7, 11) is -3.36. The van der Waals surface area contributed by atoms with E-state index in [9.17, 15) is 17.6 Å². The number of hydrogen-bond donors (Lipinski definition) is 1. The maximum absolute atomic E-state index is 13.2. The number of rotatable bonds is 8. The van der Waals surface area contributed by atoms with Crippen LogP contribution in [0.15, 0.2) is 64.9 Å². The van der Waals surface area contributed by atoms with Gasteiger partial charge in [-0.15, -0.1) is 0 Å². The number of thiazole rings is 1. The first kappa shape index (κ1) is 21.1. The van der Waals surface area contributed by atoms with E-state index in [0.717, 1.165) is 6.20 Å². The van der Waals surface area contributed by atoms with Gasteiger partial charge in [-0.3, -0.25) is 15.1 Å². The SMILES string of the molecule is O=C(Nc1ncc(F)s1)/C(=N/OCc1ccccn1)c1ccc(S(=O)(=O)C2CC2)cc1. The number of hydrogen-bond acceptors (Lipinski definition) is 8. The molecule has 0 saturated heterocycles. The highest BCUT2D eigenvalue weighted by molar-refractivity contribution is 7.92. The average molecular weight is 461 g/mol. The van der Waals surface area contributed by atoms with Crippen molar-refractivity contribution in [1.82, 2.24) is 9.97 Å². The molecule has 4 rings (SSSR count). The Bertz CT molecular complexity index is 1210. The van der Waals surface area contributed by atoms with Gasteiger partial charge in [0, 0.05) is 11.8 Å². The van der Waals surface area contributed by atoms with Crippen LogP contribution in [0.3, 0.4) is 0 Å². The predicted octanol–water partition coefficient (Wildman–Crippen LogP) is 3.17. The Labute approximate surface area is 181 Å². The largest absolute Gasteiger partial charge is 0.389 e. The molecule has 1 amide bonds. The molecule has 1 aliphatic rings. The highest BCUT2D eigenvalue weighted by Crippen LogP contribution is 2.33. The Balaban J connectivity index is 1.57. The number of carbonyl (C=O) groups is 1. The van der Waals surface area contributed by atoms with Crippen LogP contribution in [0.2, 0.25) is 0 Å². The fraction of sp³-hybridized carbons (Fsp3) is 0.200. The van der Waals surface area contributed by atoms with Crippen LogP contribution in [0.5, 0.6) is 0 Å². The molecule has 1 fully saturated rings. The molecular weight excluding hydrogens is 443 g/mol. The summed E-state index contributed by atoms with van der Waals surface area (Å²) in [4.78, 5) is 26.1. The van der Waals surface area contributed by atoms with E-state index >= 15 is 0 Å². The van der Waals surface area contributed by atoms with E-state index in [-0.39, 0.29) is 27.6 Å². The Morgan fingerprint density at radius 3 is 2.58 bits per heavy atom. The van der Waals surface area contributed by atoms with Crippen molar-refractivity contribution < 1.29 is 22.4 Å². The summed E-state index contributed by atoms with van der Waals surface area (Å²) in [5.41, 5.74) is 0.839.